The van der Waals surface area contributed by atoms with E-state index < -0.39 is 12.0 Å². The Balaban J connectivity index is 2.04. The maximum Gasteiger partial charge on any atom is 0.323 e. The lowest BCUT2D eigenvalue weighted by molar-refractivity contribution is -0.149. The second kappa shape index (κ2) is 6.24. The van der Waals surface area contributed by atoms with Gasteiger partial charge in [0.1, 0.15) is 12.6 Å². The van der Waals surface area contributed by atoms with Crippen LogP contribution in [0, 0.1) is 5.92 Å². The molecule has 0 aromatic heterocycles. The lowest BCUT2D eigenvalue weighted by atomic mass is 10.1. The van der Waals surface area contributed by atoms with Crippen LogP contribution in [0.25, 0.3) is 0 Å². The number of hydrogen-bond donors (Lipinski definition) is 1. The van der Waals surface area contributed by atoms with E-state index in [9.17, 15) is 14.4 Å². The molecule has 0 aromatic rings. The SMILES string of the molecule is CCCN(CC(=O)O)C(=O)C1CCCN1C(=O)C1CC1. The van der Waals surface area contributed by atoms with E-state index in [2.05, 4.69) is 0 Å². The van der Waals surface area contributed by atoms with Crippen molar-refractivity contribution < 1.29 is 19.5 Å². The first kappa shape index (κ1) is 14.8. The monoisotopic (exact) mass is 282 g/mol. The molecule has 6 nitrogen and oxygen atoms in total. The highest BCUT2D eigenvalue weighted by atomic mass is 16.4. The molecular formula is C14H22N2O4. The largest absolute Gasteiger partial charge is 0.480 e. The van der Waals surface area contributed by atoms with E-state index in [0.717, 1.165) is 19.3 Å². The van der Waals surface area contributed by atoms with Gasteiger partial charge in [-0.2, -0.15) is 0 Å². The first-order valence-electron chi connectivity index (χ1n) is 7.35. The average Bonchev–Trinajstić information content (AvgIpc) is 3.13. The molecule has 20 heavy (non-hydrogen) atoms. The highest BCUT2D eigenvalue weighted by Crippen LogP contribution is 2.34. The Morgan fingerprint density at radius 2 is 1.95 bits per heavy atom. The Labute approximate surface area is 118 Å². The average molecular weight is 282 g/mol. The Bertz CT molecular complexity index is 406. The number of carbonyl (C=O) groups is 3. The van der Waals surface area contributed by atoms with Crippen molar-refractivity contribution in [3.05, 3.63) is 0 Å². The summed E-state index contributed by atoms with van der Waals surface area (Å²) in [6, 6.07) is -0.450. The molecule has 1 aliphatic heterocycles. The van der Waals surface area contributed by atoms with Crippen LogP contribution < -0.4 is 0 Å². The van der Waals surface area contributed by atoms with Crippen LogP contribution in [0.5, 0.6) is 0 Å². The molecule has 1 heterocycles. The molecule has 1 saturated heterocycles. The summed E-state index contributed by atoms with van der Waals surface area (Å²) in [6.45, 7) is 2.67. The van der Waals surface area contributed by atoms with Crippen molar-refractivity contribution in [3.8, 4) is 0 Å². The number of carboxylic acid groups (broad SMARTS) is 1. The highest BCUT2D eigenvalue weighted by Gasteiger charge is 2.42. The predicted octanol–water partition coefficient (Wildman–Crippen LogP) is 0.711. The van der Waals surface area contributed by atoms with E-state index in [1.807, 2.05) is 6.92 Å². The molecule has 2 amide bonds. The molecule has 0 radical (unpaired) electrons. The lowest BCUT2D eigenvalue weighted by Crippen LogP contribution is -2.49. The minimum atomic E-state index is -1.01. The molecule has 1 atom stereocenters. The van der Waals surface area contributed by atoms with Crippen LogP contribution in [-0.4, -0.2) is 58.4 Å². The lowest BCUT2D eigenvalue weighted by Gasteiger charge is -2.29. The molecule has 0 spiro atoms. The van der Waals surface area contributed by atoms with E-state index in [1.165, 1.54) is 4.90 Å². The van der Waals surface area contributed by atoms with Gasteiger partial charge in [0.25, 0.3) is 0 Å². The van der Waals surface area contributed by atoms with Crippen molar-refractivity contribution in [1.82, 2.24) is 9.80 Å². The number of amides is 2. The number of carboxylic acids is 1. The van der Waals surface area contributed by atoms with Crippen molar-refractivity contribution in [3.63, 3.8) is 0 Å². The number of hydrogen-bond acceptors (Lipinski definition) is 3. The van der Waals surface area contributed by atoms with Crippen molar-refractivity contribution >= 4 is 17.8 Å². The Morgan fingerprint density at radius 1 is 1.25 bits per heavy atom. The zero-order chi connectivity index (χ0) is 14.7. The van der Waals surface area contributed by atoms with Gasteiger partial charge in [0.05, 0.1) is 0 Å². The van der Waals surface area contributed by atoms with Gasteiger partial charge >= 0.3 is 5.97 Å². The summed E-state index contributed by atoms with van der Waals surface area (Å²) in [5, 5.41) is 8.90. The quantitative estimate of drug-likeness (QED) is 0.778. The number of rotatable bonds is 6. The van der Waals surface area contributed by atoms with Gasteiger partial charge in [-0.1, -0.05) is 6.92 Å². The van der Waals surface area contributed by atoms with Crippen LogP contribution in [0.2, 0.25) is 0 Å². The molecule has 1 unspecified atom stereocenters. The molecule has 2 fully saturated rings. The zero-order valence-electron chi connectivity index (χ0n) is 11.9. The van der Waals surface area contributed by atoms with Gasteiger partial charge in [-0.05, 0) is 32.1 Å². The van der Waals surface area contributed by atoms with Crippen LogP contribution in [0.15, 0.2) is 0 Å². The maximum atomic E-state index is 12.5. The second-order valence-corrected chi connectivity index (χ2v) is 5.62. The molecule has 1 N–H and O–H groups in total. The van der Waals surface area contributed by atoms with E-state index in [-0.39, 0.29) is 24.3 Å². The minimum absolute atomic E-state index is 0.0765. The van der Waals surface area contributed by atoms with Gasteiger partial charge in [0.15, 0.2) is 0 Å². The summed E-state index contributed by atoms with van der Waals surface area (Å²) >= 11 is 0. The summed E-state index contributed by atoms with van der Waals surface area (Å²) < 4.78 is 0. The summed E-state index contributed by atoms with van der Waals surface area (Å²) in [5.41, 5.74) is 0. The molecule has 0 bridgehead atoms. The number of likely N-dealkylation sites (tertiary alicyclic amines) is 1. The maximum absolute atomic E-state index is 12.5. The summed E-state index contributed by atoms with van der Waals surface area (Å²) in [5.74, 6) is -1.04. The van der Waals surface area contributed by atoms with Crippen molar-refractivity contribution in [2.75, 3.05) is 19.6 Å². The second-order valence-electron chi connectivity index (χ2n) is 5.62. The van der Waals surface area contributed by atoms with E-state index >= 15 is 0 Å². The van der Waals surface area contributed by atoms with Gasteiger partial charge in [-0.25, -0.2) is 0 Å². The zero-order valence-corrected chi connectivity index (χ0v) is 11.9. The molecule has 1 aliphatic carbocycles. The molecular weight excluding hydrogens is 260 g/mol. The fourth-order valence-electron chi connectivity index (χ4n) is 2.76. The normalized spacial score (nSPS) is 21.9. The Kier molecular flexibility index (Phi) is 4.62. The smallest absolute Gasteiger partial charge is 0.323 e. The summed E-state index contributed by atoms with van der Waals surface area (Å²) in [6.07, 6.45) is 4.02. The number of nitrogens with zero attached hydrogens (tertiary/aromatic N) is 2. The van der Waals surface area contributed by atoms with Gasteiger partial charge in [-0.15, -0.1) is 0 Å². The number of carbonyl (C=O) groups excluding carboxylic acids is 2. The van der Waals surface area contributed by atoms with Gasteiger partial charge < -0.3 is 14.9 Å². The third-order valence-electron chi connectivity index (χ3n) is 3.88. The fraction of sp³-hybridized carbons (Fsp3) is 0.786. The van der Waals surface area contributed by atoms with Crippen LogP contribution in [0.3, 0.4) is 0 Å². The van der Waals surface area contributed by atoms with Crippen LogP contribution in [-0.2, 0) is 14.4 Å². The topological polar surface area (TPSA) is 77.9 Å². The molecule has 2 rings (SSSR count). The Morgan fingerprint density at radius 3 is 2.50 bits per heavy atom. The molecule has 1 saturated carbocycles. The predicted molar refractivity (Wildman–Crippen MR) is 72.0 cm³/mol. The van der Waals surface area contributed by atoms with Gasteiger partial charge in [0, 0.05) is 19.0 Å². The van der Waals surface area contributed by atoms with Gasteiger partial charge in [-0.3, -0.25) is 14.4 Å². The minimum Gasteiger partial charge on any atom is -0.480 e. The van der Waals surface area contributed by atoms with Gasteiger partial charge in [0.2, 0.25) is 11.8 Å². The number of aliphatic carboxylic acids is 1. The molecule has 6 heteroatoms. The molecule has 112 valence electrons. The summed E-state index contributed by atoms with van der Waals surface area (Å²) in [4.78, 5) is 38.6. The first-order valence-corrected chi connectivity index (χ1v) is 7.35. The first-order chi connectivity index (χ1) is 9.54. The highest BCUT2D eigenvalue weighted by molar-refractivity contribution is 5.91. The van der Waals surface area contributed by atoms with Crippen LogP contribution >= 0.6 is 0 Å². The van der Waals surface area contributed by atoms with Crippen LogP contribution in [0.4, 0.5) is 0 Å². The fourth-order valence-corrected chi connectivity index (χ4v) is 2.76. The standard InChI is InChI=1S/C14H22N2O4/c1-2-7-15(9-12(17)18)14(20)11-4-3-8-16(11)13(19)10-5-6-10/h10-11H,2-9H2,1H3,(H,17,18). The third-order valence-corrected chi connectivity index (χ3v) is 3.88. The van der Waals surface area contributed by atoms with Crippen molar-refractivity contribution in [2.45, 2.75) is 45.1 Å². The van der Waals surface area contributed by atoms with E-state index in [4.69, 9.17) is 5.11 Å². The molecule has 2 aliphatic rings. The Hall–Kier alpha value is -1.59. The summed E-state index contributed by atoms with van der Waals surface area (Å²) in [7, 11) is 0. The van der Waals surface area contributed by atoms with E-state index in [1.54, 1.807) is 4.90 Å². The van der Waals surface area contributed by atoms with Crippen molar-refractivity contribution in [1.29, 1.82) is 0 Å². The molecule has 0 aromatic carbocycles. The van der Waals surface area contributed by atoms with Crippen molar-refractivity contribution in [2.24, 2.45) is 5.92 Å². The third kappa shape index (κ3) is 3.29. The van der Waals surface area contributed by atoms with Crippen LogP contribution in [0.1, 0.15) is 39.0 Å². The van der Waals surface area contributed by atoms with E-state index in [0.29, 0.717) is 25.9 Å².